The van der Waals surface area contributed by atoms with Gasteiger partial charge in [0.25, 0.3) is 0 Å². The quantitative estimate of drug-likeness (QED) is 0.888. The van der Waals surface area contributed by atoms with Crippen molar-refractivity contribution in [1.29, 1.82) is 0 Å². The summed E-state index contributed by atoms with van der Waals surface area (Å²) < 4.78 is 0. The van der Waals surface area contributed by atoms with Crippen LogP contribution >= 0.6 is 22.9 Å². The third kappa shape index (κ3) is 4.42. The molecule has 0 aliphatic rings. The molecule has 0 unspecified atom stereocenters. The summed E-state index contributed by atoms with van der Waals surface area (Å²) in [4.78, 5) is 17.9. The van der Waals surface area contributed by atoms with Crippen molar-refractivity contribution in [1.82, 2.24) is 15.2 Å². The predicted molar refractivity (Wildman–Crippen MR) is 87.0 cm³/mol. The molecular formula is C14H17ClN4OS. The molecule has 0 aliphatic carbocycles. The molecule has 1 atom stereocenters. The van der Waals surface area contributed by atoms with E-state index in [1.54, 1.807) is 6.20 Å². The molecular weight excluding hydrogens is 308 g/mol. The number of amides is 2. The van der Waals surface area contributed by atoms with Crippen LogP contribution in [0, 0.1) is 0 Å². The minimum Gasteiger partial charge on any atom is -0.336 e. The number of thiazole rings is 1. The molecule has 1 aromatic heterocycles. The number of likely N-dealkylation sites (N-methyl/N-ethyl adjacent to an activating group) is 1. The van der Waals surface area contributed by atoms with Gasteiger partial charge in [-0.25, -0.2) is 9.78 Å². The van der Waals surface area contributed by atoms with Crippen LogP contribution in [0.15, 0.2) is 35.8 Å². The number of carbonyl (C=O) groups is 1. The SMILES string of the molecule is CN(C)[C@@H](CNC(=O)Nc1nccs1)c1ccccc1Cl. The van der Waals surface area contributed by atoms with Crippen molar-refractivity contribution >= 4 is 34.1 Å². The highest BCUT2D eigenvalue weighted by atomic mass is 35.5. The highest BCUT2D eigenvalue weighted by Gasteiger charge is 2.17. The van der Waals surface area contributed by atoms with E-state index in [1.807, 2.05) is 48.6 Å². The zero-order valence-electron chi connectivity index (χ0n) is 11.8. The number of hydrogen-bond donors (Lipinski definition) is 2. The molecule has 2 aromatic rings. The molecule has 2 amide bonds. The lowest BCUT2D eigenvalue weighted by Gasteiger charge is -2.25. The third-order valence-electron chi connectivity index (χ3n) is 3.00. The summed E-state index contributed by atoms with van der Waals surface area (Å²) in [5.41, 5.74) is 0.985. The molecule has 21 heavy (non-hydrogen) atoms. The van der Waals surface area contributed by atoms with Gasteiger partial charge in [0.2, 0.25) is 0 Å². The fraction of sp³-hybridized carbons (Fsp3) is 0.286. The van der Waals surface area contributed by atoms with Crippen LogP contribution in [0.5, 0.6) is 0 Å². The monoisotopic (exact) mass is 324 g/mol. The van der Waals surface area contributed by atoms with Gasteiger partial charge < -0.3 is 10.2 Å². The van der Waals surface area contributed by atoms with Gasteiger partial charge in [0.1, 0.15) is 0 Å². The van der Waals surface area contributed by atoms with Crippen molar-refractivity contribution in [3.63, 3.8) is 0 Å². The van der Waals surface area contributed by atoms with Crippen molar-refractivity contribution in [2.75, 3.05) is 26.0 Å². The Labute approximate surface area is 132 Å². The second kappa shape index (κ2) is 7.40. The molecule has 0 bridgehead atoms. The lowest BCUT2D eigenvalue weighted by Crippen LogP contribution is -2.37. The van der Waals surface area contributed by atoms with Gasteiger partial charge >= 0.3 is 6.03 Å². The van der Waals surface area contributed by atoms with Crippen molar-refractivity contribution in [2.24, 2.45) is 0 Å². The second-order valence-electron chi connectivity index (χ2n) is 4.67. The summed E-state index contributed by atoms with van der Waals surface area (Å²) >= 11 is 7.61. The van der Waals surface area contributed by atoms with E-state index < -0.39 is 0 Å². The van der Waals surface area contributed by atoms with Crippen LogP contribution in [0.3, 0.4) is 0 Å². The zero-order valence-corrected chi connectivity index (χ0v) is 13.4. The van der Waals surface area contributed by atoms with E-state index in [1.165, 1.54) is 11.3 Å². The fourth-order valence-corrected chi connectivity index (χ4v) is 2.72. The number of benzene rings is 1. The van der Waals surface area contributed by atoms with Crippen LogP contribution in [0.1, 0.15) is 11.6 Å². The van der Waals surface area contributed by atoms with Gasteiger partial charge in [-0.3, -0.25) is 5.32 Å². The number of aromatic nitrogens is 1. The largest absolute Gasteiger partial charge is 0.336 e. The smallest absolute Gasteiger partial charge is 0.321 e. The van der Waals surface area contributed by atoms with E-state index in [-0.39, 0.29) is 12.1 Å². The molecule has 0 fully saturated rings. The van der Waals surface area contributed by atoms with E-state index in [0.29, 0.717) is 16.7 Å². The number of nitrogens with zero attached hydrogens (tertiary/aromatic N) is 2. The highest BCUT2D eigenvalue weighted by Crippen LogP contribution is 2.25. The number of anilines is 1. The summed E-state index contributed by atoms with van der Waals surface area (Å²) in [6.07, 6.45) is 1.65. The Bertz CT molecular complexity index is 588. The second-order valence-corrected chi connectivity index (χ2v) is 5.97. The maximum Gasteiger partial charge on any atom is 0.321 e. The van der Waals surface area contributed by atoms with Crippen LogP contribution < -0.4 is 10.6 Å². The standard InChI is InChI=1S/C14H17ClN4OS/c1-19(2)12(10-5-3-4-6-11(10)15)9-17-13(20)18-14-16-7-8-21-14/h3-8,12H,9H2,1-2H3,(H2,16,17,18,20)/t12-/m0/s1. The molecule has 112 valence electrons. The van der Waals surface area contributed by atoms with E-state index in [4.69, 9.17) is 11.6 Å². The Morgan fingerprint density at radius 3 is 2.81 bits per heavy atom. The molecule has 7 heteroatoms. The normalized spacial score (nSPS) is 12.2. The summed E-state index contributed by atoms with van der Waals surface area (Å²) in [6, 6.07) is 7.37. The first-order valence-corrected chi connectivity index (χ1v) is 7.69. The molecule has 0 aliphatic heterocycles. The van der Waals surface area contributed by atoms with Crippen LogP contribution in [-0.4, -0.2) is 36.6 Å². The molecule has 0 spiro atoms. The van der Waals surface area contributed by atoms with Crippen molar-refractivity contribution in [3.05, 3.63) is 46.4 Å². The minimum atomic E-state index is -0.274. The summed E-state index contributed by atoms with van der Waals surface area (Å²) in [6.45, 7) is 0.452. The first-order chi connectivity index (χ1) is 10.1. The maximum absolute atomic E-state index is 11.8. The predicted octanol–water partition coefficient (Wildman–Crippen LogP) is 3.22. The molecule has 2 rings (SSSR count). The lowest BCUT2D eigenvalue weighted by atomic mass is 10.1. The number of hydrogen-bond acceptors (Lipinski definition) is 4. The molecule has 0 saturated heterocycles. The van der Waals surface area contributed by atoms with E-state index in [9.17, 15) is 4.79 Å². The number of carbonyl (C=O) groups excluding carboxylic acids is 1. The van der Waals surface area contributed by atoms with Crippen molar-refractivity contribution < 1.29 is 4.79 Å². The molecule has 1 heterocycles. The van der Waals surface area contributed by atoms with Gasteiger partial charge in [-0.05, 0) is 25.7 Å². The van der Waals surface area contributed by atoms with E-state index in [2.05, 4.69) is 15.6 Å². The Kier molecular flexibility index (Phi) is 5.55. The number of rotatable bonds is 5. The highest BCUT2D eigenvalue weighted by molar-refractivity contribution is 7.13. The molecule has 5 nitrogen and oxygen atoms in total. The van der Waals surface area contributed by atoms with Crippen LogP contribution in [0.2, 0.25) is 5.02 Å². The van der Waals surface area contributed by atoms with Gasteiger partial charge in [0.05, 0.1) is 6.04 Å². The summed E-state index contributed by atoms with van der Waals surface area (Å²) in [7, 11) is 3.91. The first-order valence-electron chi connectivity index (χ1n) is 6.43. The van der Waals surface area contributed by atoms with Gasteiger partial charge in [-0.15, -0.1) is 11.3 Å². The average molecular weight is 325 g/mol. The molecule has 0 saturated carbocycles. The van der Waals surface area contributed by atoms with Crippen LogP contribution in [0.4, 0.5) is 9.93 Å². The van der Waals surface area contributed by atoms with Gasteiger partial charge in [0.15, 0.2) is 5.13 Å². The Morgan fingerprint density at radius 1 is 1.43 bits per heavy atom. The number of halogens is 1. The van der Waals surface area contributed by atoms with Crippen molar-refractivity contribution in [3.8, 4) is 0 Å². The minimum absolute atomic E-state index is 0.000690. The molecule has 1 aromatic carbocycles. The lowest BCUT2D eigenvalue weighted by molar-refractivity contribution is 0.243. The van der Waals surface area contributed by atoms with Crippen molar-refractivity contribution in [2.45, 2.75) is 6.04 Å². The zero-order chi connectivity index (χ0) is 15.2. The summed E-state index contributed by atoms with van der Waals surface area (Å²) in [5.74, 6) is 0. The topological polar surface area (TPSA) is 57.3 Å². The molecule has 0 radical (unpaired) electrons. The van der Waals surface area contributed by atoms with Gasteiger partial charge in [-0.1, -0.05) is 29.8 Å². The van der Waals surface area contributed by atoms with E-state index in [0.717, 1.165) is 5.56 Å². The Hall–Kier alpha value is -1.63. The Balaban J connectivity index is 1.98. The Morgan fingerprint density at radius 2 is 2.19 bits per heavy atom. The van der Waals surface area contributed by atoms with Gasteiger partial charge in [-0.2, -0.15) is 0 Å². The third-order valence-corrected chi connectivity index (χ3v) is 4.03. The van der Waals surface area contributed by atoms with Crippen LogP contribution in [-0.2, 0) is 0 Å². The maximum atomic E-state index is 11.8. The number of nitrogens with one attached hydrogen (secondary N) is 2. The van der Waals surface area contributed by atoms with Crippen LogP contribution in [0.25, 0.3) is 0 Å². The first kappa shape index (κ1) is 15.8. The van der Waals surface area contributed by atoms with E-state index >= 15 is 0 Å². The fourth-order valence-electron chi connectivity index (χ4n) is 1.93. The van der Waals surface area contributed by atoms with Gasteiger partial charge in [0, 0.05) is 23.1 Å². The molecule has 2 N–H and O–H groups in total. The average Bonchev–Trinajstić information content (AvgIpc) is 2.93. The number of urea groups is 1. The summed E-state index contributed by atoms with van der Waals surface area (Å²) in [5, 5.41) is 8.61.